The number of hydrogen-bond acceptors (Lipinski definition) is 2. The van der Waals surface area contributed by atoms with Crippen molar-refractivity contribution in [2.75, 3.05) is 4.31 Å². The third-order valence-electron chi connectivity index (χ3n) is 2.04. The Balaban J connectivity index is 3.28. The van der Waals surface area contributed by atoms with Gasteiger partial charge in [0, 0.05) is 6.20 Å². The molecule has 0 aliphatic carbocycles. The Hall–Kier alpha value is -1.50. The summed E-state index contributed by atoms with van der Waals surface area (Å²) in [5.74, 6) is 0. The summed E-state index contributed by atoms with van der Waals surface area (Å²) in [4.78, 5) is 0. The van der Waals surface area contributed by atoms with Gasteiger partial charge in [0.2, 0.25) is 0 Å². The van der Waals surface area contributed by atoms with Crippen LogP contribution in [0.5, 0.6) is 0 Å². The zero-order valence-electron chi connectivity index (χ0n) is 9.55. The zero-order valence-corrected chi connectivity index (χ0v) is 10.4. The van der Waals surface area contributed by atoms with Crippen LogP contribution in [0.25, 0.3) is 0 Å². The second kappa shape index (κ2) is 5.43. The molecule has 0 heterocycles. The maximum Gasteiger partial charge on any atom is 0.517 e. The number of halogens is 3. The molecule has 0 saturated carbocycles. The summed E-state index contributed by atoms with van der Waals surface area (Å²) in [5.41, 5.74) is -5.39. The number of rotatable bonds is 4. The molecule has 0 unspecified atom stereocenters. The number of anilines is 1. The third-order valence-corrected chi connectivity index (χ3v) is 3.47. The fourth-order valence-corrected chi connectivity index (χ4v) is 2.06. The number of sulfonamides is 1. The topological polar surface area (TPSA) is 37.4 Å². The van der Waals surface area contributed by atoms with Gasteiger partial charge in [-0.15, -0.1) is 0 Å². The van der Waals surface area contributed by atoms with Crippen molar-refractivity contribution in [3.63, 3.8) is 0 Å². The van der Waals surface area contributed by atoms with E-state index in [9.17, 15) is 21.6 Å². The molecular formula is C11H12F3NO2S. The molecule has 0 N–H and O–H groups in total. The van der Waals surface area contributed by atoms with Crippen LogP contribution in [0.4, 0.5) is 18.9 Å². The lowest BCUT2D eigenvalue weighted by molar-refractivity contribution is -0.0435. The first-order chi connectivity index (χ1) is 8.30. The predicted octanol–water partition coefficient (Wildman–Crippen LogP) is 3.27. The van der Waals surface area contributed by atoms with Crippen LogP contribution in [-0.2, 0) is 10.0 Å². The van der Waals surface area contributed by atoms with Gasteiger partial charge in [-0.3, -0.25) is 0 Å². The zero-order chi connectivity index (χ0) is 13.8. The van der Waals surface area contributed by atoms with E-state index in [1.54, 1.807) is 13.0 Å². The molecule has 18 heavy (non-hydrogen) atoms. The number of allylic oxidation sites excluding steroid dienone is 1. The second-order valence-corrected chi connectivity index (χ2v) is 5.18. The van der Waals surface area contributed by atoms with Gasteiger partial charge in [0.15, 0.2) is 0 Å². The fraction of sp³-hybridized carbons (Fsp3) is 0.273. The van der Waals surface area contributed by atoms with Crippen molar-refractivity contribution < 1.29 is 21.6 Å². The summed E-state index contributed by atoms with van der Waals surface area (Å²) < 4.78 is 60.6. The summed E-state index contributed by atoms with van der Waals surface area (Å²) in [6, 6.07) is 7.11. The molecule has 0 fully saturated rings. The monoisotopic (exact) mass is 279 g/mol. The summed E-state index contributed by atoms with van der Waals surface area (Å²) in [7, 11) is -5.42. The van der Waals surface area contributed by atoms with Crippen LogP contribution in [0.1, 0.15) is 13.3 Å². The van der Waals surface area contributed by atoms with Crippen LogP contribution in [0, 0.1) is 0 Å². The number of alkyl halides is 3. The van der Waals surface area contributed by atoms with Crippen LogP contribution in [0.15, 0.2) is 42.6 Å². The maximum atomic E-state index is 12.5. The van der Waals surface area contributed by atoms with Crippen LogP contribution < -0.4 is 4.31 Å². The Morgan fingerprint density at radius 3 is 2.22 bits per heavy atom. The number of para-hydroxylation sites is 1. The number of hydrogen-bond donors (Lipinski definition) is 0. The second-order valence-electron chi connectivity index (χ2n) is 3.38. The first-order valence-electron chi connectivity index (χ1n) is 5.13. The van der Waals surface area contributed by atoms with E-state index in [1.165, 1.54) is 30.3 Å². The summed E-state index contributed by atoms with van der Waals surface area (Å²) >= 11 is 0. The first-order valence-corrected chi connectivity index (χ1v) is 6.57. The van der Waals surface area contributed by atoms with E-state index in [0.29, 0.717) is 6.42 Å². The highest BCUT2D eigenvalue weighted by atomic mass is 32.2. The predicted molar refractivity (Wildman–Crippen MR) is 63.3 cm³/mol. The average Bonchev–Trinajstić information content (AvgIpc) is 2.29. The molecule has 0 aromatic heterocycles. The molecule has 1 rings (SSSR count). The smallest absolute Gasteiger partial charge is 0.238 e. The third kappa shape index (κ3) is 3.04. The molecule has 0 aliphatic heterocycles. The molecule has 0 saturated heterocycles. The summed E-state index contributed by atoms with van der Waals surface area (Å²) in [6.07, 6.45) is 2.69. The van der Waals surface area contributed by atoms with Crippen LogP contribution in [0.2, 0.25) is 0 Å². The molecule has 3 nitrogen and oxygen atoms in total. The highest BCUT2D eigenvalue weighted by Crippen LogP contribution is 2.30. The fourth-order valence-electron chi connectivity index (χ4n) is 1.19. The van der Waals surface area contributed by atoms with Gasteiger partial charge in [0.25, 0.3) is 0 Å². The Bertz CT molecular complexity index is 509. The van der Waals surface area contributed by atoms with E-state index in [4.69, 9.17) is 0 Å². The lowest BCUT2D eigenvalue weighted by Gasteiger charge is -2.21. The maximum absolute atomic E-state index is 12.5. The minimum absolute atomic E-state index is 0.0560. The molecule has 0 radical (unpaired) electrons. The van der Waals surface area contributed by atoms with Gasteiger partial charge in [-0.2, -0.15) is 21.6 Å². The SMILES string of the molecule is CC/C=C/N(c1ccccc1)S(=O)(=O)C(F)(F)F. The molecule has 1 aromatic rings. The molecule has 100 valence electrons. The number of nitrogens with zero attached hydrogens (tertiary/aromatic N) is 1. The van der Waals surface area contributed by atoms with Crippen molar-refractivity contribution in [1.82, 2.24) is 0 Å². The van der Waals surface area contributed by atoms with E-state index in [1.807, 2.05) is 0 Å². The lowest BCUT2D eigenvalue weighted by atomic mass is 10.3. The Morgan fingerprint density at radius 2 is 1.78 bits per heavy atom. The van der Waals surface area contributed by atoms with Gasteiger partial charge in [-0.05, 0) is 18.6 Å². The van der Waals surface area contributed by atoms with E-state index in [-0.39, 0.29) is 9.99 Å². The lowest BCUT2D eigenvalue weighted by Crippen LogP contribution is -2.37. The van der Waals surface area contributed by atoms with Crippen molar-refractivity contribution in [3.8, 4) is 0 Å². The van der Waals surface area contributed by atoms with Crippen molar-refractivity contribution in [2.45, 2.75) is 18.9 Å². The molecule has 0 bridgehead atoms. The Labute approximate surface area is 104 Å². The molecule has 1 aromatic carbocycles. The van der Waals surface area contributed by atoms with E-state index >= 15 is 0 Å². The van der Waals surface area contributed by atoms with Gasteiger partial charge in [-0.1, -0.05) is 31.2 Å². The number of benzene rings is 1. The van der Waals surface area contributed by atoms with Crippen molar-refractivity contribution >= 4 is 15.7 Å². The van der Waals surface area contributed by atoms with Crippen molar-refractivity contribution in [3.05, 3.63) is 42.6 Å². The van der Waals surface area contributed by atoms with Gasteiger partial charge in [0.05, 0.1) is 5.69 Å². The highest BCUT2D eigenvalue weighted by molar-refractivity contribution is 7.93. The summed E-state index contributed by atoms with van der Waals surface area (Å²) in [5, 5.41) is 0. The van der Waals surface area contributed by atoms with Gasteiger partial charge < -0.3 is 0 Å². The molecule has 0 aliphatic rings. The van der Waals surface area contributed by atoms with E-state index in [2.05, 4.69) is 0 Å². The van der Waals surface area contributed by atoms with Crippen molar-refractivity contribution in [2.24, 2.45) is 0 Å². The van der Waals surface area contributed by atoms with E-state index in [0.717, 1.165) is 6.20 Å². The first kappa shape index (κ1) is 14.6. The average molecular weight is 279 g/mol. The molecule has 0 atom stereocenters. The minimum atomic E-state index is -5.42. The standard InChI is InChI=1S/C11H12F3NO2S/c1-2-3-9-15(10-7-5-4-6-8-10)18(16,17)11(12,13)14/h3-9H,2H2,1H3/b9-3+. The molecular weight excluding hydrogens is 267 g/mol. The molecule has 0 spiro atoms. The van der Waals surface area contributed by atoms with Crippen LogP contribution >= 0.6 is 0 Å². The quantitative estimate of drug-likeness (QED) is 0.848. The van der Waals surface area contributed by atoms with Crippen LogP contribution in [-0.4, -0.2) is 13.9 Å². The molecule has 0 amide bonds. The summed E-state index contributed by atoms with van der Waals surface area (Å²) in [6.45, 7) is 1.69. The van der Waals surface area contributed by atoms with Gasteiger partial charge >= 0.3 is 15.5 Å². The highest BCUT2D eigenvalue weighted by Gasteiger charge is 2.49. The Kier molecular flexibility index (Phi) is 4.39. The van der Waals surface area contributed by atoms with Gasteiger partial charge in [-0.25, -0.2) is 4.31 Å². The molecule has 7 heteroatoms. The van der Waals surface area contributed by atoms with Gasteiger partial charge in [0.1, 0.15) is 0 Å². The van der Waals surface area contributed by atoms with Crippen LogP contribution in [0.3, 0.4) is 0 Å². The van der Waals surface area contributed by atoms with E-state index < -0.39 is 15.5 Å². The Morgan fingerprint density at radius 1 is 1.22 bits per heavy atom. The minimum Gasteiger partial charge on any atom is -0.238 e. The largest absolute Gasteiger partial charge is 0.517 e. The van der Waals surface area contributed by atoms with Crippen molar-refractivity contribution in [1.29, 1.82) is 0 Å². The normalized spacial score (nSPS) is 12.9.